The fourth-order valence-electron chi connectivity index (χ4n) is 1.27. The number of aliphatic hydroxyl groups is 3. The Morgan fingerprint density at radius 3 is 2.69 bits per heavy atom. The molecule has 1 rings (SSSR count). The van der Waals surface area contributed by atoms with E-state index in [9.17, 15) is 15.0 Å². The summed E-state index contributed by atoms with van der Waals surface area (Å²) in [7, 11) is 0. The average Bonchev–Trinajstić information content (AvgIpc) is 2.27. The molecule has 94 valence electrons. The van der Waals surface area contributed by atoms with Crippen molar-refractivity contribution in [3.8, 4) is 0 Å². The number of hydrogen-bond acceptors (Lipinski definition) is 5. The molecular weight excluding hydrogens is 240 g/mol. The Hall–Kier alpha value is -0.600. The molecule has 0 spiro atoms. The van der Waals surface area contributed by atoms with Gasteiger partial charge < -0.3 is 30.7 Å². The molecule has 0 radical (unpaired) electrons. The van der Waals surface area contributed by atoms with Crippen LogP contribution in [0.5, 0.6) is 0 Å². The first-order valence-electron chi connectivity index (χ1n) is 4.82. The Kier molecular flexibility index (Phi) is 5.23. The highest BCUT2D eigenvalue weighted by molar-refractivity contribution is 6.18. The Labute approximate surface area is 97.3 Å². The summed E-state index contributed by atoms with van der Waals surface area (Å²) in [6.07, 6.45) is -4.91. The van der Waals surface area contributed by atoms with Crippen molar-refractivity contribution in [2.45, 2.75) is 24.5 Å². The summed E-state index contributed by atoms with van der Waals surface area (Å²) in [4.78, 5) is 11.2. The summed E-state index contributed by atoms with van der Waals surface area (Å²) in [6.45, 7) is 0.125. The number of amides is 2. The third-order valence-electron chi connectivity index (χ3n) is 2.15. The van der Waals surface area contributed by atoms with Crippen molar-refractivity contribution < 1.29 is 24.9 Å². The van der Waals surface area contributed by atoms with Gasteiger partial charge in [0.15, 0.2) is 6.23 Å². The van der Waals surface area contributed by atoms with Gasteiger partial charge in [0.1, 0.15) is 18.3 Å². The lowest BCUT2D eigenvalue weighted by atomic mass is 10.0. The lowest BCUT2D eigenvalue weighted by Crippen LogP contribution is -2.60. The van der Waals surface area contributed by atoms with Crippen LogP contribution in [-0.2, 0) is 4.74 Å². The highest BCUT2D eigenvalue weighted by atomic mass is 35.5. The summed E-state index contributed by atoms with van der Waals surface area (Å²) in [5, 5.41) is 32.7. The molecule has 0 bridgehead atoms. The number of alkyl halides is 1. The number of hydrogen-bond donors (Lipinski definition) is 5. The molecule has 0 aromatic heterocycles. The number of ether oxygens (including phenoxy) is 1. The second-order valence-electron chi connectivity index (χ2n) is 3.39. The second-order valence-corrected chi connectivity index (χ2v) is 3.77. The van der Waals surface area contributed by atoms with Crippen LogP contribution in [0.25, 0.3) is 0 Å². The number of nitrogens with one attached hydrogen (secondary N) is 2. The molecule has 4 unspecified atom stereocenters. The molecule has 1 aliphatic heterocycles. The highest BCUT2D eigenvalue weighted by Gasteiger charge is 2.38. The largest absolute Gasteiger partial charge is 0.388 e. The fraction of sp³-hybridized carbons (Fsp3) is 0.875. The minimum Gasteiger partial charge on any atom is -0.388 e. The molecule has 0 aliphatic carbocycles. The van der Waals surface area contributed by atoms with Gasteiger partial charge in [-0.2, -0.15) is 0 Å². The van der Waals surface area contributed by atoms with Crippen molar-refractivity contribution in [3.05, 3.63) is 0 Å². The first-order chi connectivity index (χ1) is 7.56. The van der Waals surface area contributed by atoms with Crippen LogP contribution in [-0.4, -0.2) is 64.9 Å². The van der Waals surface area contributed by atoms with Crippen LogP contribution in [0.3, 0.4) is 0 Å². The van der Waals surface area contributed by atoms with E-state index in [0.717, 1.165) is 0 Å². The van der Waals surface area contributed by atoms with E-state index in [1.807, 2.05) is 0 Å². The topological polar surface area (TPSA) is 111 Å². The van der Waals surface area contributed by atoms with Gasteiger partial charge in [-0.3, -0.25) is 0 Å². The predicted octanol–water partition coefficient (Wildman–Crippen LogP) is -2.04. The molecule has 0 aromatic rings. The van der Waals surface area contributed by atoms with Gasteiger partial charge in [-0.05, 0) is 0 Å². The Morgan fingerprint density at radius 1 is 1.38 bits per heavy atom. The lowest BCUT2D eigenvalue weighted by molar-refractivity contribution is -0.191. The zero-order chi connectivity index (χ0) is 12.1. The van der Waals surface area contributed by atoms with Crippen molar-refractivity contribution >= 4 is 17.6 Å². The van der Waals surface area contributed by atoms with Crippen LogP contribution < -0.4 is 10.6 Å². The summed E-state index contributed by atoms with van der Waals surface area (Å²) < 4.78 is 4.96. The van der Waals surface area contributed by atoms with Gasteiger partial charge in [-0.25, -0.2) is 4.79 Å². The molecule has 5 N–H and O–H groups in total. The molecule has 4 atom stereocenters. The maximum atomic E-state index is 11.2. The fourth-order valence-corrected chi connectivity index (χ4v) is 1.37. The lowest BCUT2D eigenvalue weighted by Gasteiger charge is -2.35. The Bertz CT molecular complexity index is 242. The molecule has 1 saturated heterocycles. The van der Waals surface area contributed by atoms with Crippen molar-refractivity contribution in [1.82, 2.24) is 10.6 Å². The molecule has 2 amide bonds. The minimum atomic E-state index is -1.37. The number of halogens is 1. The van der Waals surface area contributed by atoms with Crippen molar-refractivity contribution in [2.24, 2.45) is 0 Å². The van der Waals surface area contributed by atoms with E-state index in [0.29, 0.717) is 0 Å². The van der Waals surface area contributed by atoms with Crippen LogP contribution in [0.1, 0.15) is 0 Å². The molecule has 1 fully saturated rings. The Morgan fingerprint density at radius 2 is 2.06 bits per heavy atom. The molecule has 8 heteroatoms. The van der Waals surface area contributed by atoms with Gasteiger partial charge in [-0.1, -0.05) is 0 Å². The third kappa shape index (κ3) is 3.46. The quantitative estimate of drug-likeness (QED) is 0.373. The van der Waals surface area contributed by atoms with Gasteiger partial charge in [0.2, 0.25) is 0 Å². The van der Waals surface area contributed by atoms with Crippen LogP contribution >= 0.6 is 11.6 Å². The first kappa shape index (κ1) is 13.5. The number of carbonyl (C=O) groups is 1. The van der Waals surface area contributed by atoms with E-state index >= 15 is 0 Å². The second kappa shape index (κ2) is 6.21. The maximum absolute atomic E-state index is 11.2. The van der Waals surface area contributed by atoms with E-state index in [2.05, 4.69) is 10.6 Å². The summed E-state index contributed by atoms with van der Waals surface area (Å²) in [5.74, 6) is 0.267. The van der Waals surface area contributed by atoms with E-state index in [1.165, 1.54) is 0 Å². The molecule has 0 saturated carbocycles. The van der Waals surface area contributed by atoms with E-state index in [4.69, 9.17) is 21.4 Å². The average molecular weight is 255 g/mol. The molecule has 16 heavy (non-hydrogen) atoms. The summed E-state index contributed by atoms with van der Waals surface area (Å²) in [5.41, 5.74) is 0. The zero-order valence-corrected chi connectivity index (χ0v) is 9.22. The minimum absolute atomic E-state index is 0.154. The van der Waals surface area contributed by atoms with Gasteiger partial charge in [0, 0.05) is 12.4 Å². The summed E-state index contributed by atoms with van der Waals surface area (Å²) in [6, 6.07) is -0.562. The van der Waals surface area contributed by atoms with Gasteiger partial charge >= 0.3 is 6.03 Å². The van der Waals surface area contributed by atoms with E-state index in [1.54, 1.807) is 0 Å². The van der Waals surface area contributed by atoms with Crippen LogP contribution in [0, 0.1) is 0 Å². The molecule has 1 aliphatic rings. The van der Waals surface area contributed by atoms with Crippen molar-refractivity contribution in [3.63, 3.8) is 0 Å². The van der Waals surface area contributed by atoms with Crippen LogP contribution in [0.15, 0.2) is 0 Å². The summed E-state index contributed by atoms with van der Waals surface area (Å²) >= 11 is 5.36. The third-order valence-corrected chi connectivity index (χ3v) is 2.34. The SMILES string of the molecule is O=C(NCCCl)NC1OCC(O)C(O)C1O. The highest BCUT2D eigenvalue weighted by Crippen LogP contribution is 2.13. The van der Waals surface area contributed by atoms with Gasteiger partial charge in [0.05, 0.1) is 6.61 Å². The normalized spacial score (nSPS) is 34.5. The van der Waals surface area contributed by atoms with E-state index in [-0.39, 0.29) is 19.0 Å². The predicted molar refractivity (Wildman–Crippen MR) is 55.0 cm³/mol. The van der Waals surface area contributed by atoms with Gasteiger partial charge in [0.25, 0.3) is 0 Å². The first-order valence-corrected chi connectivity index (χ1v) is 5.36. The zero-order valence-electron chi connectivity index (χ0n) is 8.47. The maximum Gasteiger partial charge on any atom is 0.316 e. The molecule has 1 heterocycles. The number of urea groups is 1. The number of carbonyl (C=O) groups excluding carboxylic acids is 1. The standard InChI is InChI=1S/C8H15ClN2O5/c9-1-2-10-8(15)11-7-6(14)5(13)4(12)3-16-7/h4-7,12-14H,1-3H2,(H2,10,11,15). The van der Waals surface area contributed by atoms with Crippen molar-refractivity contribution in [2.75, 3.05) is 19.0 Å². The van der Waals surface area contributed by atoms with Crippen molar-refractivity contribution in [1.29, 1.82) is 0 Å². The smallest absolute Gasteiger partial charge is 0.316 e. The Balaban J connectivity index is 2.39. The molecule has 0 aromatic carbocycles. The van der Waals surface area contributed by atoms with E-state index < -0.39 is 30.6 Å². The number of aliphatic hydroxyl groups excluding tert-OH is 3. The molecule has 7 nitrogen and oxygen atoms in total. The van der Waals surface area contributed by atoms with Gasteiger partial charge in [-0.15, -0.1) is 11.6 Å². The molecular formula is C8H15ClN2O5. The van der Waals surface area contributed by atoms with Crippen LogP contribution in [0.2, 0.25) is 0 Å². The number of rotatable bonds is 3. The van der Waals surface area contributed by atoms with Crippen LogP contribution in [0.4, 0.5) is 4.79 Å². The monoisotopic (exact) mass is 254 g/mol.